The maximum atomic E-state index is 2.54. The van der Waals surface area contributed by atoms with Gasteiger partial charge in [0.15, 0.2) is 0 Å². The molecule has 0 radical (unpaired) electrons. The van der Waals surface area contributed by atoms with Crippen molar-refractivity contribution in [3.63, 3.8) is 0 Å². The van der Waals surface area contributed by atoms with E-state index in [1.807, 2.05) is 0 Å². The molecule has 0 N–H and O–H groups in total. The van der Waals surface area contributed by atoms with Crippen molar-refractivity contribution in [3.05, 3.63) is 251 Å². The molecule has 0 heteroatoms. The third-order valence-electron chi connectivity index (χ3n) is 11.3. The Bertz CT molecular complexity index is 2480. The van der Waals surface area contributed by atoms with Crippen LogP contribution >= 0.6 is 0 Å². The molecule has 9 rings (SSSR count). The van der Waals surface area contributed by atoms with Crippen LogP contribution in [0.5, 0.6) is 0 Å². The first kappa shape index (κ1) is 32.7. The van der Waals surface area contributed by atoms with Crippen LogP contribution < -0.4 is 0 Å². The Morgan fingerprint density at radius 3 is 1.25 bits per heavy atom. The van der Waals surface area contributed by atoms with Gasteiger partial charge in [-0.3, -0.25) is 0 Å². The Balaban J connectivity index is 1.28. The molecule has 254 valence electrons. The lowest BCUT2D eigenvalue weighted by atomic mass is 9.74. The van der Waals surface area contributed by atoms with E-state index in [0.717, 1.165) is 0 Å². The van der Waals surface area contributed by atoms with Gasteiger partial charge in [0.2, 0.25) is 0 Å². The third-order valence-corrected chi connectivity index (χ3v) is 11.3. The second-order valence-corrected chi connectivity index (χ2v) is 14.9. The maximum Gasteiger partial charge on any atom is 0.0346 e. The number of hydrogen-bond donors (Lipinski definition) is 0. The average Bonchev–Trinajstić information content (AvgIpc) is 3.46. The minimum atomic E-state index is -0.159. The van der Waals surface area contributed by atoms with Crippen LogP contribution in [-0.4, -0.2) is 0 Å². The fraction of sp³-hybridized carbons (Fsp3) is 0.0943. The highest BCUT2D eigenvalue weighted by Crippen LogP contribution is 2.54. The van der Waals surface area contributed by atoms with Crippen LogP contribution in [0.4, 0.5) is 0 Å². The van der Waals surface area contributed by atoms with Crippen LogP contribution in [-0.2, 0) is 5.41 Å². The number of hydrogen-bond acceptors (Lipinski definition) is 0. The van der Waals surface area contributed by atoms with E-state index in [0.29, 0.717) is 0 Å². The smallest absolute Gasteiger partial charge is 0.0346 e. The Hall–Kier alpha value is -6.24. The molecule has 0 bridgehead atoms. The minimum Gasteiger partial charge on any atom is -0.0622 e. The molecule has 0 saturated heterocycles. The van der Waals surface area contributed by atoms with Crippen LogP contribution in [0.25, 0.3) is 33.4 Å². The highest BCUT2D eigenvalue weighted by atomic mass is 14.4. The van der Waals surface area contributed by atoms with Gasteiger partial charge in [-0.15, -0.1) is 0 Å². The number of benzene rings is 8. The van der Waals surface area contributed by atoms with Crippen molar-refractivity contribution in [3.8, 4) is 33.4 Å². The molecule has 0 aromatic heterocycles. The summed E-state index contributed by atoms with van der Waals surface area (Å²) in [6.07, 6.45) is 0. The molecule has 0 saturated carbocycles. The van der Waals surface area contributed by atoms with Gasteiger partial charge >= 0.3 is 0 Å². The molecule has 0 fully saturated rings. The number of rotatable bonds is 8. The van der Waals surface area contributed by atoms with E-state index in [4.69, 9.17) is 0 Å². The maximum absolute atomic E-state index is 2.54. The zero-order valence-electron chi connectivity index (χ0n) is 30.3. The molecule has 0 heterocycles. The molecule has 0 nitrogen and oxygen atoms in total. The van der Waals surface area contributed by atoms with E-state index in [2.05, 4.69) is 220 Å². The summed E-state index contributed by atoms with van der Waals surface area (Å²) in [5.41, 5.74) is 18.1. The topological polar surface area (TPSA) is 0 Å². The molecule has 8 aromatic carbocycles. The van der Waals surface area contributed by atoms with Crippen molar-refractivity contribution in [1.82, 2.24) is 0 Å². The van der Waals surface area contributed by atoms with Gasteiger partial charge in [0, 0.05) is 17.3 Å². The molecular formula is C53H42. The van der Waals surface area contributed by atoms with Crippen molar-refractivity contribution in [2.75, 3.05) is 0 Å². The van der Waals surface area contributed by atoms with Crippen LogP contribution in [0.3, 0.4) is 0 Å². The Labute approximate surface area is 314 Å². The van der Waals surface area contributed by atoms with Gasteiger partial charge in [-0.25, -0.2) is 0 Å². The normalized spacial score (nSPS) is 13.8. The third kappa shape index (κ3) is 6.01. The van der Waals surface area contributed by atoms with Crippen molar-refractivity contribution in [2.45, 2.75) is 31.1 Å². The summed E-state index contributed by atoms with van der Waals surface area (Å²) in [5.74, 6) is 0.0926. The van der Waals surface area contributed by atoms with E-state index < -0.39 is 0 Å². The summed E-state index contributed by atoms with van der Waals surface area (Å²) in [5, 5.41) is 0. The highest BCUT2D eigenvalue weighted by Gasteiger charge is 2.39. The van der Waals surface area contributed by atoms with Gasteiger partial charge in [0.1, 0.15) is 0 Å². The molecule has 1 aliphatic carbocycles. The quantitative estimate of drug-likeness (QED) is 0.140. The summed E-state index contributed by atoms with van der Waals surface area (Å²) in [6, 6.07) is 76.2. The van der Waals surface area contributed by atoms with Crippen LogP contribution in [0.15, 0.2) is 206 Å². The van der Waals surface area contributed by atoms with E-state index in [1.54, 1.807) is 0 Å². The second-order valence-electron chi connectivity index (χ2n) is 14.9. The summed E-state index contributed by atoms with van der Waals surface area (Å²) in [4.78, 5) is 0. The molecular weight excluding hydrogens is 637 g/mol. The predicted molar refractivity (Wildman–Crippen MR) is 223 cm³/mol. The summed E-state index contributed by atoms with van der Waals surface area (Å²) >= 11 is 0. The minimum absolute atomic E-state index is 0.0357. The number of fused-ring (bicyclic) bond motifs is 3. The first-order valence-electron chi connectivity index (χ1n) is 18.7. The first-order valence-corrected chi connectivity index (χ1v) is 18.7. The molecule has 2 atom stereocenters. The van der Waals surface area contributed by atoms with Gasteiger partial charge in [0.25, 0.3) is 0 Å². The molecule has 1 aliphatic rings. The lowest BCUT2D eigenvalue weighted by molar-refractivity contribution is 0.658. The van der Waals surface area contributed by atoms with Gasteiger partial charge in [-0.1, -0.05) is 220 Å². The van der Waals surface area contributed by atoms with Gasteiger partial charge < -0.3 is 0 Å². The lowest BCUT2D eigenvalue weighted by Gasteiger charge is -2.29. The fourth-order valence-corrected chi connectivity index (χ4v) is 8.68. The Morgan fingerprint density at radius 1 is 0.321 bits per heavy atom. The van der Waals surface area contributed by atoms with Gasteiger partial charge in [0.05, 0.1) is 0 Å². The molecule has 0 aliphatic heterocycles. The highest BCUT2D eigenvalue weighted by molar-refractivity contribution is 5.85. The van der Waals surface area contributed by atoms with Crippen LogP contribution in [0.1, 0.15) is 70.2 Å². The zero-order chi connectivity index (χ0) is 35.8. The average molecular weight is 679 g/mol. The molecule has 2 unspecified atom stereocenters. The van der Waals surface area contributed by atoms with E-state index in [9.17, 15) is 0 Å². The van der Waals surface area contributed by atoms with Crippen molar-refractivity contribution >= 4 is 0 Å². The molecule has 0 amide bonds. The van der Waals surface area contributed by atoms with E-state index in [1.165, 1.54) is 77.9 Å². The SMILES string of the molecule is CC1(C)c2ccccc2-c2c(C(c3ccccc3)c3ccc(-c4ccccc4)cc3)cc(C(c3ccccc3)c3ccc(-c4ccccc4)cc3)cc21. The summed E-state index contributed by atoms with van der Waals surface area (Å²) in [7, 11) is 0. The summed E-state index contributed by atoms with van der Waals surface area (Å²) < 4.78 is 0. The van der Waals surface area contributed by atoms with Gasteiger partial charge in [-0.2, -0.15) is 0 Å². The van der Waals surface area contributed by atoms with Gasteiger partial charge in [-0.05, 0) is 77.9 Å². The Morgan fingerprint density at radius 2 is 0.717 bits per heavy atom. The molecule has 8 aromatic rings. The molecule has 0 spiro atoms. The van der Waals surface area contributed by atoms with Crippen LogP contribution in [0.2, 0.25) is 0 Å². The van der Waals surface area contributed by atoms with Crippen molar-refractivity contribution in [1.29, 1.82) is 0 Å². The Kier molecular flexibility index (Phi) is 8.45. The summed E-state index contributed by atoms with van der Waals surface area (Å²) in [6.45, 7) is 4.81. The van der Waals surface area contributed by atoms with Crippen molar-refractivity contribution < 1.29 is 0 Å². The van der Waals surface area contributed by atoms with Crippen LogP contribution in [0, 0.1) is 0 Å². The zero-order valence-corrected chi connectivity index (χ0v) is 30.3. The lowest BCUT2D eigenvalue weighted by Crippen LogP contribution is -2.17. The largest absolute Gasteiger partial charge is 0.0622 e. The van der Waals surface area contributed by atoms with Crippen molar-refractivity contribution in [2.24, 2.45) is 0 Å². The second kappa shape index (κ2) is 13.7. The van der Waals surface area contributed by atoms with E-state index in [-0.39, 0.29) is 17.3 Å². The monoisotopic (exact) mass is 678 g/mol. The predicted octanol–water partition coefficient (Wildman–Crippen LogP) is 13.7. The van der Waals surface area contributed by atoms with E-state index >= 15 is 0 Å². The first-order chi connectivity index (χ1) is 26.1. The standard InChI is InChI=1S/C53H42/c1-53(2)48-26-16-15-25-46(48)52-47(51(42-23-13-6-14-24-42)44-33-29-40(30-34-44)38-19-9-4-10-20-38)35-45(36-49(52)53)50(41-21-11-5-12-22-41)43-31-27-39(28-32-43)37-17-7-3-8-18-37/h3-36,50-51H,1-2H3. The molecule has 53 heavy (non-hydrogen) atoms. The fourth-order valence-electron chi connectivity index (χ4n) is 8.68.